The summed E-state index contributed by atoms with van der Waals surface area (Å²) in [6, 6.07) is 0. The molecule has 0 unspecified atom stereocenters. The van der Waals surface area contributed by atoms with Gasteiger partial charge in [-0.1, -0.05) is 40.5 Å². The summed E-state index contributed by atoms with van der Waals surface area (Å²) in [7, 11) is 0. The van der Waals surface area contributed by atoms with Gasteiger partial charge in [0.15, 0.2) is 0 Å². The Bertz CT molecular complexity index is 252. The Hall–Kier alpha value is -0.370. The van der Waals surface area contributed by atoms with E-state index in [1.165, 1.54) is 32.0 Å². The molecule has 0 radical (unpaired) electrons. The van der Waals surface area contributed by atoms with Gasteiger partial charge in [-0.3, -0.25) is 0 Å². The van der Waals surface area contributed by atoms with E-state index in [-0.39, 0.29) is 5.41 Å². The van der Waals surface area contributed by atoms with E-state index in [9.17, 15) is 4.79 Å². The van der Waals surface area contributed by atoms with Crippen LogP contribution >= 0.6 is 0 Å². The van der Waals surface area contributed by atoms with Gasteiger partial charge in [-0.25, -0.2) is 0 Å². The van der Waals surface area contributed by atoms with Gasteiger partial charge in [0.1, 0.15) is 6.29 Å². The van der Waals surface area contributed by atoms with E-state index < -0.39 is 0 Å². The van der Waals surface area contributed by atoms with Crippen LogP contribution in [0.3, 0.4) is 0 Å². The average molecular weight is 267 g/mol. The van der Waals surface area contributed by atoms with Crippen LogP contribution in [0.2, 0.25) is 0 Å². The second-order valence-corrected chi connectivity index (χ2v) is 6.67. The summed E-state index contributed by atoms with van der Waals surface area (Å²) >= 11 is 0. The van der Waals surface area contributed by atoms with Gasteiger partial charge in [-0.15, -0.1) is 0 Å². The van der Waals surface area contributed by atoms with Crippen LogP contribution in [0, 0.1) is 17.3 Å². The SMILES string of the molecule is CCC(CC)CN(CC)CC1(C=O)CCC(C)CC1. The lowest BCUT2D eigenvalue weighted by atomic mass is 9.71. The highest BCUT2D eigenvalue weighted by molar-refractivity contribution is 5.60. The van der Waals surface area contributed by atoms with Gasteiger partial charge >= 0.3 is 0 Å². The summed E-state index contributed by atoms with van der Waals surface area (Å²) in [6.45, 7) is 12.3. The van der Waals surface area contributed by atoms with Gasteiger partial charge in [0, 0.05) is 18.5 Å². The van der Waals surface area contributed by atoms with Crippen molar-refractivity contribution in [1.82, 2.24) is 4.90 Å². The van der Waals surface area contributed by atoms with E-state index in [2.05, 4.69) is 32.6 Å². The van der Waals surface area contributed by atoms with Gasteiger partial charge in [0.2, 0.25) is 0 Å². The second kappa shape index (κ2) is 8.04. The van der Waals surface area contributed by atoms with Gasteiger partial charge in [0.25, 0.3) is 0 Å². The Morgan fingerprint density at radius 1 is 1.21 bits per heavy atom. The highest BCUT2D eigenvalue weighted by Gasteiger charge is 2.35. The molecule has 1 aliphatic rings. The number of hydrogen-bond donors (Lipinski definition) is 0. The van der Waals surface area contributed by atoms with Crippen LogP contribution in [-0.4, -0.2) is 30.8 Å². The van der Waals surface area contributed by atoms with Crippen molar-refractivity contribution in [3.8, 4) is 0 Å². The molecule has 0 amide bonds. The summed E-state index contributed by atoms with van der Waals surface area (Å²) in [6.07, 6.45) is 8.40. The van der Waals surface area contributed by atoms with Crippen molar-refractivity contribution in [2.75, 3.05) is 19.6 Å². The minimum absolute atomic E-state index is 0.0471. The zero-order chi connectivity index (χ0) is 14.3. The van der Waals surface area contributed by atoms with Gasteiger partial charge < -0.3 is 9.69 Å². The summed E-state index contributed by atoms with van der Waals surface area (Å²) in [4.78, 5) is 14.2. The molecule has 0 bridgehead atoms. The second-order valence-electron chi connectivity index (χ2n) is 6.67. The Morgan fingerprint density at radius 2 is 1.79 bits per heavy atom. The highest BCUT2D eigenvalue weighted by Crippen LogP contribution is 2.38. The lowest BCUT2D eigenvalue weighted by Crippen LogP contribution is -2.43. The Kier molecular flexibility index (Phi) is 7.06. The smallest absolute Gasteiger partial charge is 0.127 e. The fraction of sp³-hybridized carbons (Fsp3) is 0.941. The maximum Gasteiger partial charge on any atom is 0.127 e. The molecule has 1 aliphatic carbocycles. The van der Waals surface area contributed by atoms with E-state index in [1.54, 1.807) is 0 Å². The Labute approximate surface area is 119 Å². The molecule has 0 aromatic carbocycles. The van der Waals surface area contributed by atoms with Crippen LogP contribution in [0.25, 0.3) is 0 Å². The van der Waals surface area contributed by atoms with Crippen molar-refractivity contribution in [3.05, 3.63) is 0 Å². The van der Waals surface area contributed by atoms with E-state index in [4.69, 9.17) is 0 Å². The molecule has 1 rings (SSSR count). The van der Waals surface area contributed by atoms with Crippen LogP contribution in [-0.2, 0) is 4.79 Å². The molecule has 0 aliphatic heterocycles. The van der Waals surface area contributed by atoms with Crippen LogP contribution in [0.15, 0.2) is 0 Å². The number of carbonyl (C=O) groups is 1. The van der Waals surface area contributed by atoms with Crippen molar-refractivity contribution in [2.24, 2.45) is 17.3 Å². The first kappa shape index (κ1) is 16.7. The first-order valence-electron chi connectivity index (χ1n) is 8.27. The molecule has 0 aromatic rings. The summed E-state index contributed by atoms with van der Waals surface area (Å²) < 4.78 is 0. The lowest BCUT2D eigenvalue weighted by Gasteiger charge is -2.39. The molecule has 0 saturated heterocycles. The molecule has 2 heteroatoms. The molecule has 2 nitrogen and oxygen atoms in total. The molecule has 0 spiro atoms. The summed E-state index contributed by atoms with van der Waals surface area (Å²) in [5, 5.41) is 0. The van der Waals surface area contributed by atoms with Crippen LogP contribution in [0.5, 0.6) is 0 Å². The number of rotatable bonds is 8. The number of carbonyl (C=O) groups excluding carboxylic acids is 1. The maximum absolute atomic E-state index is 11.6. The quantitative estimate of drug-likeness (QED) is 0.616. The highest BCUT2D eigenvalue weighted by atomic mass is 16.1. The molecule has 112 valence electrons. The van der Waals surface area contributed by atoms with Gasteiger partial charge in [-0.05, 0) is 44.1 Å². The lowest BCUT2D eigenvalue weighted by molar-refractivity contribution is -0.119. The largest absolute Gasteiger partial charge is 0.303 e. The fourth-order valence-corrected chi connectivity index (χ4v) is 3.31. The molecule has 0 aromatic heterocycles. The fourth-order valence-electron chi connectivity index (χ4n) is 3.31. The molecule has 1 fully saturated rings. The van der Waals surface area contributed by atoms with Crippen molar-refractivity contribution < 1.29 is 4.79 Å². The zero-order valence-corrected chi connectivity index (χ0v) is 13.5. The van der Waals surface area contributed by atoms with Crippen LogP contribution in [0.1, 0.15) is 66.2 Å². The predicted molar refractivity (Wildman–Crippen MR) is 82.3 cm³/mol. The molecular weight excluding hydrogens is 234 g/mol. The normalized spacial score (nSPS) is 28.0. The number of nitrogens with zero attached hydrogens (tertiary/aromatic N) is 1. The van der Waals surface area contributed by atoms with Crippen LogP contribution in [0.4, 0.5) is 0 Å². The third-order valence-electron chi connectivity index (χ3n) is 5.18. The van der Waals surface area contributed by atoms with E-state index >= 15 is 0 Å². The third-order valence-corrected chi connectivity index (χ3v) is 5.18. The standard InChI is InChI=1S/C17H33NO/c1-5-16(6-2)12-18(7-3)13-17(14-19)10-8-15(4)9-11-17/h14-16H,5-13H2,1-4H3. The monoisotopic (exact) mass is 267 g/mol. The van der Waals surface area contributed by atoms with E-state index in [0.29, 0.717) is 0 Å². The molecule has 19 heavy (non-hydrogen) atoms. The minimum Gasteiger partial charge on any atom is -0.303 e. The Balaban J connectivity index is 2.59. The molecule has 0 heterocycles. The third kappa shape index (κ3) is 4.91. The molecule has 0 atom stereocenters. The number of aldehydes is 1. The van der Waals surface area contributed by atoms with Gasteiger partial charge in [0.05, 0.1) is 0 Å². The zero-order valence-electron chi connectivity index (χ0n) is 13.5. The number of hydrogen-bond acceptors (Lipinski definition) is 2. The molecule has 1 saturated carbocycles. The summed E-state index contributed by atoms with van der Waals surface area (Å²) in [5.74, 6) is 1.59. The first-order valence-corrected chi connectivity index (χ1v) is 8.27. The summed E-state index contributed by atoms with van der Waals surface area (Å²) in [5.41, 5.74) is -0.0471. The first-order chi connectivity index (χ1) is 9.09. The topological polar surface area (TPSA) is 20.3 Å². The van der Waals surface area contributed by atoms with Crippen molar-refractivity contribution in [2.45, 2.75) is 66.2 Å². The van der Waals surface area contributed by atoms with Crippen LogP contribution < -0.4 is 0 Å². The maximum atomic E-state index is 11.6. The van der Waals surface area contributed by atoms with E-state index in [1.807, 2.05) is 0 Å². The predicted octanol–water partition coefficient (Wildman–Crippen LogP) is 4.14. The van der Waals surface area contributed by atoms with Crippen molar-refractivity contribution >= 4 is 6.29 Å². The molecule has 0 N–H and O–H groups in total. The minimum atomic E-state index is -0.0471. The molecular formula is C17H33NO. The Morgan fingerprint density at radius 3 is 2.21 bits per heavy atom. The van der Waals surface area contributed by atoms with Crippen molar-refractivity contribution in [1.29, 1.82) is 0 Å². The van der Waals surface area contributed by atoms with Crippen molar-refractivity contribution in [3.63, 3.8) is 0 Å². The van der Waals surface area contributed by atoms with E-state index in [0.717, 1.165) is 44.3 Å². The average Bonchev–Trinajstić information content (AvgIpc) is 2.46. The van der Waals surface area contributed by atoms with Gasteiger partial charge in [-0.2, -0.15) is 0 Å².